The lowest BCUT2D eigenvalue weighted by Crippen LogP contribution is -1.99. The van der Waals surface area contributed by atoms with Crippen molar-refractivity contribution in [1.82, 2.24) is 0 Å². The molecule has 0 unspecified atom stereocenters. The highest BCUT2D eigenvalue weighted by atomic mass is 14.2. The van der Waals surface area contributed by atoms with E-state index >= 15 is 0 Å². The fraction of sp³-hybridized carbons (Fsp3) is 0.147. The van der Waals surface area contributed by atoms with Crippen LogP contribution in [0.5, 0.6) is 0 Å². The Morgan fingerprint density at radius 2 is 1.06 bits per heavy atom. The summed E-state index contributed by atoms with van der Waals surface area (Å²) in [5.41, 5.74) is 52.4. The standard InChI is InChI=1S/C34H24/c1-10-16-19-21-23-29(9)31(25-20-17-11-2)33(24-18-12-3)34(27-26-28(7)8)32(22-13-4)30(14-5)15-6/h1-5,15H2,6-9H3. The molecule has 0 spiro atoms. The van der Waals surface area contributed by atoms with Gasteiger partial charge in [-0.1, -0.05) is 70.8 Å². The molecule has 0 aromatic heterocycles. The highest BCUT2D eigenvalue weighted by Crippen LogP contribution is 2.31. The third-order valence-electron chi connectivity index (χ3n) is 3.72. The summed E-state index contributed by atoms with van der Waals surface area (Å²) in [7, 11) is 0. The third kappa shape index (κ3) is 10.1. The fourth-order valence-corrected chi connectivity index (χ4v) is 2.31. The fourth-order valence-electron chi connectivity index (χ4n) is 2.31. The van der Waals surface area contributed by atoms with Gasteiger partial charge in [0.1, 0.15) is 0 Å². The van der Waals surface area contributed by atoms with Gasteiger partial charge in [0, 0.05) is 11.1 Å². The lowest BCUT2D eigenvalue weighted by atomic mass is 9.87. The first-order valence-electron chi connectivity index (χ1n) is 10.1. The van der Waals surface area contributed by atoms with Crippen LogP contribution in [0.15, 0.2) is 169 Å². The van der Waals surface area contributed by atoms with Crippen LogP contribution in [-0.4, -0.2) is 0 Å². The molecule has 0 saturated heterocycles. The van der Waals surface area contributed by atoms with Crippen LogP contribution in [0.25, 0.3) is 0 Å². The van der Waals surface area contributed by atoms with Gasteiger partial charge >= 0.3 is 0 Å². The third-order valence-corrected chi connectivity index (χ3v) is 3.72. The molecule has 0 fully saturated rings. The average molecular weight is 433 g/mol. The zero-order valence-electron chi connectivity index (χ0n) is 20.2. The van der Waals surface area contributed by atoms with Crippen LogP contribution >= 0.6 is 0 Å². The van der Waals surface area contributed by atoms with E-state index in [1.54, 1.807) is 0 Å². The van der Waals surface area contributed by atoms with Crippen molar-refractivity contribution in [3.8, 4) is 0 Å². The molecular formula is C34H24. The second-order valence-electron chi connectivity index (χ2n) is 6.34. The van der Waals surface area contributed by atoms with Gasteiger partial charge < -0.3 is 0 Å². The van der Waals surface area contributed by atoms with Gasteiger partial charge in [-0.2, -0.15) is 0 Å². The quantitative estimate of drug-likeness (QED) is 0.293. The molecule has 0 aromatic rings. The Kier molecular flexibility index (Phi) is 14.7. The summed E-state index contributed by atoms with van der Waals surface area (Å²) in [5, 5.41) is 0. The summed E-state index contributed by atoms with van der Waals surface area (Å²) >= 11 is 0. The lowest BCUT2D eigenvalue weighted by Gasteiger charge is -2.12. The second-order valence-corrected chi connectivity index (χ2v) is 6.34. The molecule has 0 heterocycles. The molecule has 0 amide bonds. The van der Waals surface area contributed by atoms with Crippen LogP contribution < -0.4 is 0 Å². The molecule has 0 N–H and O–H groups in total. The molecule has 0 atom stereocenters. The summed E-state index contributed by atoms with van der Waals surface area (Å²) in [6, 6.07) is 0. The van der Waals surface area contributed by atoms with Gasteiger partial charge in [0.25, 0.3) is 0 Å². The van der Waals surface area contributed by atoms with Crippen molar-refractivity contribution < 1.29 is 0 Å². The number of hydrogen-bond acceptors (Lipinski definition) is 0. The molecule has 0 bridgehead atoms. The minimum atomic E-state index is 0.497. The summed E-state index contributed by atoms with van der Waals surface area (Å²) in [5.74, 6) is 0. The number of allylic oxidation sites excluding steroid dienone is 7. The molecule has 160 valence electrons. The van der Waals surface area contributed by atoms with E-state index < -0.39 is 0 Å². The van der Waals surface area contributed by atoms with Gasteiger partial charge in [0.2, 0.25) is 0 Å². The molecule has 0 saturated carbocycles. The summed E-state index contributed by atoms with van der Waals surface area (Å²) in [6.07, 6.45) is 0.631. The predicted molar refractivity (Wildman–Crippen MR) is 140 cm³/mol. The lowest BCUT2D eigenvalue weighted by molar-refractivity contribution is 1.12. The van der Waals surface area contributed by atoms with Gasteiger partial charge in [0.15, 0.2) is 0 Å². The number of hydrogen-bond donors (Lipinski definition) is 0. The van der Waals surface area contributed by atoms with E-state index in [0.717, 1.165) is 11.1 Å². The molecule has 0 heteroatoms. The first-order chi connectivity index (χ1) is 16.4. The molecule has 0 rings (SSSR count). The molecule has 0 aliphatic rings. The first kappa shape index (κ1) is 28.7. The topological polar surface area (TPSA) is 0 Å². The number of rotatable bonds is 6. The van der Waals surface area contributed by atoms with Crippen molar-refractivity contribution in [2.45, 2.75) is 34.1 Å². The van der Waals surface area contributed by atoms with Crippen LogP contribution in [0.2, 0.25) is 0 Å². The van der Waals surface area contributed by atoms with Crippen LogP contribution in [-0.2, 0) is 0 Å². The van der Waals surface area contributed by atoms with Crippen molar-refractivity contribution >= 4 is 0 Å². The maximum atomic E-state index is 3.81. The Morgan fingerprint density at radius 3 is 1.59 bits per heavy atom. The van der Waals surface area contributed by atoms with Gasteiger partial charge in [0.05, 0.1) is 22.3 Å². The van der Waals surface area contributed by atoms with Crippen LogP contribution in [0, 0.1) is 0 Å². The maximum absolute atomic E-state index is 3.81. The van der Waals surface area contributed by atoms with Crippen molar-refractivity contribution in [3.05, 3.63) is 169 Å². The summed E-state index contributed by atoms with van der Waals surface area (Å²) < 4.78 is 0. The zero-order valence-corrected chi connectivity index (χ0v) is 20.2. The molecule has 0 nitrogen and oxygen atoms in total. The van der Waals surface area contributed by atoms with Gasteiger partial charge in [-0.15, -0.1) is 5.73 Å². The van der Waals surface area contributed by atoms with E-state index in [-0.39, 0.29) is 0 Å². The largest absolute Gasteiger partial charge is 0.124 e. The Hall–Kier alpha value is -5.30. The van der Waals surface area contributed by atoms with Crippen molar-refractivity contribution in [3.63, 3.8) is 0 Å². The molecule has 0 aliphatic carbocycles. The Labute approximate surface area is 203 Å². The van der Waals surface area contributed by atoms with Crippen molar-refractivity contribution in [2.75, 3.05) is 0 Å². The Balaban J connectivity index is 8.58. The maximum Gasteiger partial charge on any atom is 0.0591 e. The van der Waals surface area contributed by atoms with E-state index in [1.807, 2.05) is 27.7 Å². The first-order valence-corrected chi connectivity index (χ1v) is 10.1. The minimum absolute atomic E-state index is 0.497. The van der Waals surface area contributed by atoms with Crippen molar-refractivity contribution in [2.24, 2.45) is 0 Å². The van der Waals surface area contributed by atoms with E-state index in [9.17, 15) is 0 Å². The summed E-state index contributed by atoms with van der Waals surface area (Å²) in [6.45, 7) is 25.6. The van der Waals surface area contributed by atoms with Crippen molar-refractivity contribution in [1.29, 1.82) is 0 Å². The van der Waals surface area contributed by atoms with Gasteiger partial charge in [-0.25, -0.2) is 0 Å². The highest BCUT2D eigenvalue weighted by molar-refractivity contribution is 5.64. The van der Waals surface area contributed by atoms with Crippen LogP contribution in [0.4, 0.5) is 0 Å². The SMILES string of the molecule is C=C=C=C=C=C=C(C)C(=C=C=C=C=C)C(=C=C=C=C)C(=C=C=C(C)C)C(=C=C=C)C(=C=C)CC. The minimum Gasteiger partial charge on any atom is -0.124 e. The van der Waals surface area contributed by atoms with E-state index in [2.05, 4.69) is 130 Å². The van der Waals surface area contributed by atoms with Gasteiger partial charge in [-0.3, -0.25) is 0 Å². The Bertz CT molecular complexity index is 1610. The smallest absolute Gasteiger partial charge is 0.0591 e. The van der Waals surface area contributed by atoms with Crippen LogP contribution in [0.3, 0.4) is 0 Å². The predicted octanol–water partition coefficient (Wildman–Crippen LogP) is 8.17. The molecular weight excluding hydrogens is 408 g/mol. The highest BCUT2D eigenvalue weighted by Gasteiger charge is 2.19. The summed E-state index contributed by atoms with van der Waals surface area (Å²) in [4.78, 5) is 0. The van der Waals surface area contributed by atoms with Gasteiger partial charge in [-0.05, 0) is 93.5 Å². The molecule has 0 radical (unpaired) electrons. The second kappa shape index (κ2) is 17.4. The normalized spacial score (nSPS) is 6.71. The van der Waals surface area contributed by atoms with E-state index in [4.69, 9.17) is 0 Å². The Morgan fingerprint density at radius 1 is 0.500 bits per heavy atom. The molecule has 0 aromatic carbocycles. The van der Waals surface area contributed by atoms with E-state index in [0.29, 0.717) is 34.3 Å². The monoisotopic (exact) mass is 432 g/mol. The molecule has 0 aliphatic heterocycles. The average Bonchev–Trinajstić information content (AvgIpc) is 2.82. The van der Waals surface area contributed by atoms with Crippen LogP contribution in [0.1, 0.15) is 34.1 Å². The van der Waals surface area contributed by atoms with E-state index in [1.165, 1.54) is 0 Å². The zero-order chi connectivity index (χ0) is 25.8. The molecule has 34 heavy (non-hydrogen) atoms.